The molecule has 0 bridgehead atoms. The monoisotopic (exact) mass is 242 g/mol. The number of ether oxygens (including phenoxy) is 1. The molecule has 100 valence electrons. The minimum Gasteiger partial charge on any atom is -0.377 e. The van der Waals surface area contributed by atoms with Crippen LogP contribution in [0.15, 0.2) is 0 Å². The van der Waals surface area contributed by atoms with E-state index in [1.54, 1.807) is 7.11 Å². The third-order valence-electron chi connectivity index (χ3n) is 3.51. The largest absolute Gasteiger partial charge is 0.377 e. The van der Waals surface area contributed by atoms with E-state index >= 15 is 0 Å². The quantitative estimate of drug-likeness (QED) is 0.810. The molecule has 0 radical (unpaired) electrons. The van der Waals surface area contributed by atoms with Gasteiger partial charge in [0.15, 0.2) is 0 Å². The Hall–Kier alpha value is -0.610. The lowest BCUT2D eigenvalue weighted by atomic mass is 9.93. The molecule has 1 aliphatic heterocycles. The van der Waals surface area contributed by atoms with Gasteiger partial charge in [-0.3, -0.25) is 4.79 Å². The Morgan fingerprint density at radius 3 is 2.71 bits per heavy atom. The highest BCUT2D eigenvalue weighted by atomic mass is 16.5. The summed E-state index contributed by atoms with van der Waals surface area (Å²) in [6.07, 6.45) is 2.75. The van der Waals surface area contributed by atoms with Crippen LogP contribution in [0.3, 0.4) is 0 Å². The predicted octanol–water partition coefficient (Wildman–Crippen LogP) is 1.39. The van der Waals surface area contributed by atoms with Crippen molar-refractivity contribution in [3.05, 3.63) is 0 Å². The minimum absolute atomic E-state index is 0.0710. The van der Waals surface area contributed by atoms with Crippen LogP contribution >= 0.6 is 0 Å². The highest BCUT2D eigenvalue weighted by Gasteiger charge is 2.34. The number of nitrogens with two attached hydrogens (primary N) is 1. The molecule has 0 aromatic rings. The molecule has 4 heteroatoms. The van der Waals surface area contributed by atoms with Crippen molar-refractivity contribution < 1.29 is 9.53 Å². The minimum atomic E-state index is -0.366. The first-order valence-corrected chi connectivity index (χ1v) is 6.47. The van der Waals surface area contributed by atoms with Crippen molar-refractivity contribution in [3.8, 4) is 0 Å². The van der Waals surface area contributed by atoms with Crippen LogP contribution in [0.25, 0.3) is 0 Å². The summed E-state index contributed by atoms with van der Waals surface area (Å²) in [7, 11) is 1.71. The van der Waals surface area contributed by atoms with E-state index in [0.29, 0.717) is 12.5 Å². The number of amides is 1. The number of carbonyl (C=O) groups is 1. The second kappa shape index (κ2) is 5.83. The molecule has 1 amide bonds. The van der Waals surface area contributed by atoms with Gasteiger partial charge >= 0.3 is 0 Å². The lowest BCUT2D eigenvalue weighted by molar-refractivity contribution is -0.140. The maximum atomic E-state index is 12.2. The van der Waals surface area contributed by atoms with E-state index in [9.17, 15) is 4.79 Å². The lowest BCUT2D eigenvalue weighted by Gasteiger charge is -2.40. The topological polar surface area (TPSA) is 55.6 Å². The number of likely N-dealkylation sites (tertiary alicyclic amines) is 1. The van der Waals surface area contributed by atoms with E-state index in [2.05, 4.69) is 20.8 Å². The van der Waals surface area contributed by atoms with Gasteiger partial charge in [-0.05, 0) is 32.1 Å². The molecule has 1 saturated heterocycles. The molecular formula is C13H26N2O2. The Bertz CT molecular complexity index is 268. The highest BCUT2D eigenvalue weighted by Crippen LogP contribution is 2.24. The fourth-order valence-electron chi connectivity index (χ4n) is 2.40. The normalized spacial score (nSPS) is 27.3. The number of hydrogen-bond donors (Lipinski definition) is 1. The first-order valence-electron chi connectivity index (χ1n) is 6.47. The average Bonchev–Trinajstić information content (AvgIpc) is 2.27. The van der Waals surface area contributed by atoms with Gasteiger partial charge < -0.3 is 15.4 Å². The van der Waals surface area contributed by atoms with E-state index in [4.69, 9.17) is 10.5 Å². The van der Waals surface area contributed by atoms with E-state index in [-0.39, 0.29) is 17.6 Å². The predicted molar refractivity (Wildman–Crippen MR) is 68.7 cm³/mol. The molecule has 4 nitrogen and oxygen atoms in total. The van der Waals surface area contributed by atoms with Gasteiger partial charge in [0, 0.05) is 20.2 Å². The molecule has 1 unspecified atom stereocenters. The van der Waals surface area contributed by atoms with E-state index in [1.807, 2.05) is 4.90 Å². The Balaban J connectivity index is 2.57. The molecule has 0 aromatic carbocycles. The van der Waals surface area contributed by atoms with Crippen molar-refractivity contribution >= 4 is 5.91 Å². The van der Waals surface area contributed by atoms with E-state index in [0.717, 1.165) is 25.8 Å². The fraction of sp³-hybridized carbons (Fsp3) is 0.923. The standard InChI is InChI=1S/C13H26N2O2/c1-10(2)8-11(14)12(16)15-7-5-6-13(3,9-15)17-4/h10-11H,5-9,14H2,1-4H3/t11-,13?/m0/s1. The summed E-state index contributed by atoms with van der Waals surface area (Å²) >= 11 is 0. The molecule has 1 fully saturated rings. The zero-order chi connectivity index (χ0) is 13.1. The van der Waals surface area contributed by atoms with Crippen molar-refractivity contribution in [3.63, 3.8) is 0 Å². The zero-order valence-corrected chi connectivity index (χ0v) is 11.5. The van der Waals surface area contributed by atoms with Gasteiger partial charge in [0.25, 0.3) is 0 Å². The number of hydrogen-bond acceptors (Lipinski definition) is 3. The maximum Gasteiger partial charge on any atom is 0.239 e. The molecule has 0 spiro atoms. The van der Waals surface area contributed by atoms with Crippen LogP contribution in [0.5, 0.6) is 0 Å². The third-order valence-corrected chi connectivity index (χ3v) is 3.51. The van der Waals surface area contributed by atoms with Crippen LogP contribution < -0.4 is 5.73 Å². The fourth-order valence-corrected chi connectivity index (χ4v) is 2.40. The van der Waals surface area contributed by atoms with Crippen LogP contribution in [0.1, 0.15) is 40.0 Å². The second-order valence-corrected chi connectivity index (χ2v) is 5.75. The van der Waals surface area contributed by atoms with Crippen LogP contribution in [-0.4, -0.2) is 42.6 Å². The Labute approximate surface area is 104 Å². The van der Waals surface area contributed by atoms with Crippen molar-refractivity contribution in [2.24, 2.45) is 11.7 Å². The van der Waals surface area contributed by atoms with Gasteiger partial charge in [0.2, 0.25) is 5.91 Å². The molecule has 1 rings (SSSR count). The molecule has 0 aliphatic carbocycles. The summed E-state index contributed by atoms with van der Waals surface area (Å²) in [5.74, 6) is 0.522. The van der Waals surface area contributed by atoms with Crippen molar-refractivity contribution in [1.29, 1.82) is 0 Å². The molecule has 2 N–H and O–H groups in total. The van der Waals surface area contributed by atoms with Crippen LogP contribution in [0, 0.1) is 5.92 Å². The summed E-state index contributed by atoms with van der Waals surface area (Å²) in [5.41, 5.74) is 5.74. The first kappa shape index (κ1) is 14.5. The lowest BCUT2D eigenvalue weighted by Crippen LogP contribution is -2.54. The summed E-state index contributed by atoms with van der Waals surface area (Å²) < 4.78 is 5.49. The number of methoxy groups -OCH3 is 1. The van der Waals surface area contributed by atoms with Crippen molar-refractivity contribution in [1.82, 2.24) is 4.90 Å². The average molecular weight is 242 g/mol. The van der Waals surface area contributed by atoms with Crippen molar-refractivity contribution in [2.45, 2.75) is 51.7 Å². The first-order chi connectivity index (χ1) is 7.88. The number of piperidine rings is 1. The third kappa shape index (κ3) is 3.96. The number of rotatable bonds is 4. The van der Waals surface area contributed by atoms with Gasteiger partial charge in [-0.15, -0.1) is 0 Å². The summed E-state index contributed by atoms with van der Waals surface area (Å²) in [4.78, 5) is 14.0. The molecular weight excluding hydrogens is 216 g/mol. The second-order valence-electron chi connectivity index (χ2n) is 5.75. The SMILES string of the molecule is COC1(C)CCCN(C(=O)[C@@H](N)CC(C)C)C1. The smallest absolute Gasteiger partial charge is 0.239 e. The van der Waals surface area contributed by atoms with Crippen LogP contribution in [0.2, 0.25) is 0 Å². The number of carbonyl (C=O) groups excluding carboxylic acids is 1. The van der Waals surface area contributed by atoms with Gasteiger partial charge in [-0.1, -0.05) is 13.8 Å². The summed E-state index contributed by atoms with van der Waals surface area (Å²) in [5, 5.41) is 0. The Kier molecular flexibility index (Phi) is 4.95. The zero-order valence-electron chi connectivity index (χ0n) is 11.5. The number of nitrogens with zero attached hydrogens (tertiary/aromatic N) is 1. The molecule has 1 heterocycles. The van der Waals surface area contributed by atoms with Gasteiger partial charge in [-0.2, -0.15) is 0 Å². The Morgan fingerprint density at radius 2 is 2.18 bits per heavy atom. The highest BCUT2D eigenvalue weighted by molar-refractivity contribution is 5.81. The maximum absolute atomic E-state index is 12.2. The molecule has 0 saturated carbocycles. The Morgan fingerprint density at radius 1 is 1.53 bits per heavy atom. The van der Waals surface area contributed by atoms with Gasteiger partial charge in [0.1, 0.15) is 0 Å². The molecule has 17 heavy (non-hydrogen) atoms. The van der Waals surface area contributed by atoms with Crippen molar-refractivity contribution in [2.75, 3.05) is 20.2 Å². The summed E-state index contributed by atoms with van der Waals surface area (Å²) in [6.45, 7) is 7.70. The van der Waals surface area contributed by atoms with E-state index in [1.165, 1.54) is 0 Å². The molecule has 2 atom stereocenters. The molecule has 0 aromatic heterocycles. The van der Waals surface area contributed by atoms with Gasteiger partial charge in [-0.25, -0.2) is 0 Å². The van der Waals surface area contributed by atoms with E-state index < -0.39 is 0 Å². The van der Waals surface area contributed by atoms with Crippen LogP contribution in [-0.2, 0) is 9.53 Å². The van der Waals surface area contributed by atoms with Crippen LogP contribution in [0.4, 0.5) is 0 Å². The molecule has 1 aliphatic rings. The van der Waals surface area contributed by atoms with Gasteiger partial charge in [0.05, 0.1) is 11.6 Å². The summed E-state index contributed by atoms with van der Waals surface area (Å²) in [6, 6.07) is -0.366.